The van der Waals surface area contributed by atoms with Crippen molar-refractivity contribution >= 4 is 27.3 Å². The fourth-order valence-electron chi connectivity index (χ4n) is 4.54. The van der Waals surface area contributed by atoms with E-state index < -0.39 is 11.7 Å². The highest BCUT2D eigenvalue weighted by Crippen LogP contribution is 2.46. The van der Waals surface area contributed by atoms with E-state index in [1.807, 2.05) is 46.8 Å². The molecule has 0 saturated heterocycles. The van der Waals surface area contributed by atoms with Crippen molar-refractivity contribution in [2.24, 2.45) is 0 Å². The first-order valence-corrected chi connectivity index (χ1v) is 11.8. The van der Waals surface area contributed by atoms with Gasteiger partial charge < -0.3 is 4.74 Å². The van der Waals surface area contributed by atoms with Crippen molar-refractivity contribution in [3.63, 3.8) is 0 Å². The Morgan fingerprint density at radius 1 is 1.19 bits per heavy atom. The van der Waals surface area contributed by atoms with Crippen molar-refractivity contribution in [2.45, 2.75) is 78.9 Å². The Hall–Kier alpha value is -2.11. The SMILES string of the molecule is CC(=O)[C@@H](OC(C)(C)C)c1c(C)nc2sc3c(c2c1-c1ccc(C)cc1F)CCCC3. The average molecular weight is 440 g/mol. The molecule has 0 amide bonds. The lowest BCUT2D eigenvalue weighted by Gasteiger charge is -2.29. The molecule has 4 rings (SSSR count). The smallest absolute Gasteiger partial charge is 0.163 e. The Kier molecular flexibility index (Phi) is 5.78. The van der Waals surface area contributed by atoms with E-state index in [2.05, 4.69) is 0 Å². The lowest BCUT2D eigenvalue weighted by atomic mass is 9.87. The molecule has 1 aliphatic rings. The molecular weight excluding hydrogens is 409 g/mol. The molecule has 5 heteroatoms. The molecule has 1 aromatic carbocycles. The summed E-state index contributed by atoms with van der Waals surface area (Å²) in [4.78, 5) is 20.0. The van der Waals surface area contributed by atoms with E-state index in [0.717, 1.165) is 46.3 Å². The number of halogens is 1. The zero-order valence-corrected chi connectivity index (χ0v) is 20.0. The van der Waals surface area contributed by atoms with Gasteiger partial charge in [0.15, 0.2) is 5.78 Å². The summed E-state index contributed by atoms with van der Waals surface area (Å²) in [5.41, 5.74) is 4.33. The molecule has 0 N–H and O–H groups in total. The minimum Gasteiger partial charge on any atom is -0.360 e. The first-order valence-electron chi connectivity index (χ1n) is 11.0. The van der Waals surface area contributed by atoms with Gasteiger partial charge in [-0.2, -0.15) is 0 Å². The number of hydrogen-bond donors (Lipinski definition) is 0. The second-order valence-corrected chi connectivity index (χ2v) is 10.7. The highest BCUT2D eigenvalue weighted by Gasteiger charge is 2.33. The van der Waals surface area contributed by atoms with Gasteiger partial charge in [-0.05, 0) is 84.4 Å². The molecule has 0 aliphatic heterocycles. The molecule has 0 spiro atoms. The number of rotatable bonds is 4. The van der Waals surface area contributed by atoms with E-state index >= 15 is 4.39 Å². The van der Waals surface area contributed by atoms with Gasteiger partial charge in [-0.3, -0.25) is 4.79 Å². The molecule has 3 aromatic rings. The van der Waals surface area contributed by atoms with Gasteiger partial charge in [0.25, 0.3) is 0 Å². The number of carbonyl (C=O) groups is 1. The Bertz CT molecular complexity index is 1170. The first-order chi connectivity index (χ1) is 14.6. The third-order valence-corrected chi connectivity index (χ3v) is 7.01. The van der Waals surface area contributed by atoms with Gasteiger partial charge in [-0.1, -0.05) is 12.1 Å². The lowest BCUT2D eigenvalue weighted by molar-refractivity contribution is -0.138. The summed E-state index contributed by atoms with van der Waals surface area (Å²) in [7, 11) is 0. The molecule has 0 bridgehead atoms. The summed E-state index contributed by atoms with van der Waals surface area (Å²) in [6, 6.07) is 5.33. The highest BCUT2D eigenvalue weighted by atomic mass is 32.1. The van der Waals surface area contributed by atoms with E-state index in [1.54, 1.807) is 24.3 Å². The van der Waals surface area contributed by atoms with Crippen LogP contribution in [0.3, 0.4) is 0 Å². The van der Waals surface area contributed by atoms with Crippen molar-refractivity contribution in [2.75, 3.05) is 0 Å². The molecule has 0 unspecified atom stereocenters. The van der Waals surface area contributed by atoms with Crippen molar-refractivity contribution in [3.05, 3.63) is 51.3 Å². The maximum Gasteiger partial charge on any atom is 0.163 e. The topological polar surface area (TPSA) is 39.2 Å². The number of ketones is 1. The maximum atomic E-state index is 15.4. The summed E-state index contributed by atoms with van der Waals surface area (Å²) in [5.74, 6) is -0.376. The summed E-state index contributed by atoms with van der Waals surface area (Å²) in [5, 5.41) is 1.01. The fourth-order valence-corrected chi connectivity index (χ4v) is 5.86. The number of nitrogens with zero attached hydrogens (tertiary/aromatic N) is 1. The van der Waals surface area contributed by atoms with Crippen LogP contribution in [0, 0.1) is 19.7 Å². The van der Waals surface area contributed by atoms with Crippen LogP contribution < -0.4 is 0 Å². The number of benzene rings is 1. The minimum absolute atomic E-state index is 0.1000. The summed E-state index contributed by atoms with van der Waals surface area (Å²) >= 11 is 1.71. The number of hydrogen-bond acceptors (Lipinski definition) is 4. The van der Waals surface area contributed by atoms with Gasteiger partial charge in [0.05, 0.1) is 5.60 Å². The quantitative estimate of drug-likeness (QED) is 0.437. The monoisotopic (exact) mass is 439 g/mol. The van der Waals surface area contributed by atoms with Crippen molar-refractivity contribution in [1.29, 1.82) is 0 Å². The van der Waals surface area contributed by atoms with Crippen molar-refractivity contribution < 1.29 is 13.9 Å². The number of Topliss-reactive ketones (excluding diaryl/α,β-unsaturated/α-hetero) is 1. The van der Waals surface area contributed by atoms with E-state index in [4.69, 9.17) is 9.72 Å². The molecule has 0 radical (unpaired) electrons. The Labute approximate surface area is 187 Å². The summed E-state index contributed by atoms with van der Waals surface area (Å²) in [6.45, 7) is 11.1. The molecule has 0 saturated carbocycles. The van der Waals surface area contributed by atoms with Crippen LogP contribution in [0.1, 0.15) is 73.9 Å². The standard InChI is InChI=1S/C26H30FNO2S/c1-14-11-12-17(19(27)13-14)22-21(24(16(3)29)30-26(4,5)6)15(2)28-25-23(22)18-9-7-8-10-20(18)31-25/h11-13,24H,7-10H2,1-6H3/t24-/m1/s1. The molecule has 0 fully saturated rings. The van der Waals surface area contributed by atoms with Crippen LogP contribution in [0.4, 0.5) is 4.39 Å². The average Bonchev–Trinajstić information content (AvgIpc) is 3.02. The van der Waals surface area contributed by atoms with Crippen LogP contribution in [-0.2, 0) is 22.4 Å². The van der Waals surface area contributed by atoms with Gasteiger partial charge in [0, 0.05) is 32.6 Å². The van der Waals surface area contributed by atoms with Crippen molar-refractivity contribution in [1.82, 2.24) is 4.98 Å². The second-order valence-electron chi connectivity index (χ2n) is 9.58. The summed E-state index contributed by atoms with van der Waals surface area (Å²) < 4.78 is 21.6. The van der Waals surface area contributed by atoms with E-state index in [0.29, 0.717) is 11.1 Å². The zero-order valence-electron chi connectivity index (χ0n) is 19.2. The van der Waals surface area contributed by atoms with Crippen LogP contribution in [-0.4, -0.2) is 16.4 Å². The third-order valence-electron chi connectivity index (χ3n) is 5.83. The molecule has 2 heterocycles. The largest absolute Gasteiger partial charge is 0.360 e. The third kappa shape index (κ3) is 4.18. The van der Waals surface area contributed by atoms with Gasteiger partial charge >= 0.3 is 0 Å². The molecule has 31 heavy (non-hydrogen) atoms. The van der Waals surface area contributed by atoms with E-state index in [-0.39, 0.29) is 11.6 Å². The number of aryl methyl sites for hydroxylation is 4. The van der Waals surface area contributed by atoms with Gasteiger partial charge in [-0.15, -0.1) is 11.3 Å². The van der Waals surface area contributed by atoms with Crippen LogP contribution in [0.25, 0.3) is 21.3 Å². The number of fused-ring (bicyclic) bond motifs is 3. The normalized spacial score (nSPS) is 15.2. The number of ether oxygens (including phenoxy) is 1. The van der Waals surface area contributed by atoms with E-state index in [9.17, 15) is 4.79 Å². The molecule has 3 nitrogen and oxygen atoms in total. The van der Waals surface area contributed by atoms with Gasteiger partial charge in [0.1, 0.15) is 16.8 Å². The number of aromatic nitrogens is 1. The summed E-state index contributed by atoms with van der Waals surface area (Å²) in [6.07, 6.45) is 3.49. The van der Waals surface area contributed by atoms with Crippen molar-refractivity contribution in [3.8, 4) is 11.1 Å². The predicted molar refractivity (Wildman–Crippen MR) is 125 cm³/mol. The molecule has 1 atom stereocenters. The predicted octanol–water partition coefficient (Wildman–Crippen LogP) is 7.04. The van der Waals surface area contributed by atoms with Gasteiger partial charge in [-0.25, -0.2) is 9.37 Å². The Morgan fingerprint density at radius 2 is 1.90 bits per heavy atom. The lowest BCUT2D eigenvalue weighted by Crippen LogP contribution is -2.27. The number of thiophene rings is 1. The molecular formula is C26H30FNO2S. The Morgan fingerprint density at radius 3 is 2.55 bits per heavy atom. The first kappa shape index (κ1) is 22.1. The molecule has 164 valence electrons. The number of carbonyl (C=O) groups excluding carboxylic acids is 1. The highest BCUT2D eigenvalue weighted by molar-refractivity contribution is 7.19. The van der Waals surface area contributed by atoms with Crippen LogP contribution in [0.5, 0.6) is 0 Å². The molecule has 2 aromatic heterocycles. The maximum absolute atomic E-state index is 15.4. The second kappa shape index (κ2) is 8.10. The van der Waals surface area contributed by atoms with Crippen LogP contribution >= 0.6 is 11.3 Å². The fraction of sp³-hybridized carbons (Fsp3) is 0.462. The minimum atomic E-state index is -0.799. The Balaban J connectivity index is 2.12. The van der Waals surface area contributed by atoms with Crippen LogP contribution in [0.15, 0.2) is 18.2 Å². The molecule has 1 aliphatic carbocycles. The van der Waals surface area contributed by atoms with Crippen LogP contribution in [0.2, 0.25) is 0 Å². The van der Waals surface area contributed by atoms with E-state index in [1.165, 1.54) is 16.9 Å². The van der Waals surface area contributed by atoms with Gasteiger partial charge in [0.2, 0.25) is 0 Å². The zero-order chi connectivity index (χ0) is 22.5. The number of pyridine rings is 1.